The van der Waals surface area contributed by atoms with E-state index in [-0.39, 0.29) is 23.9 Å². The maximum absolute atomic E-state index is 12.4. The van der Waals surface area contributed by atoms with Gasteiger partial charge in [0.05, 0.1) is 0 Å². The van der Waals surface area contributed by atoms with E-state index >= 15 is 0 Å². The highest BCUT2D eigenvalue weighted by atomic mass is 16.2. The minimum absolute atomic E-state index is 0.183. The molecule has 0 unspecified atom stereocenters. The van der Waals surface area contributed by atoms with Crippen LogP contribution in [0.3, 0.4) is 0 Å². The van der Waals surface area contributed by atoms with E-state index in [1.807, 2.05) is 0 Å². The molecule has 1 aliphatic rings. The second kappa shape index (κ2) is 31.9. The van der Waals surface area contributed by atoms with E-state index in [0.29, 0.717) is 12.8 Å². The smallest absolute Gasteiger partial charge is 0.220 e. The summed E-state index contributed by atoms with van der Waals surface area (Å²) in [4.78, 5) is 24.8. The van der Waals surface area contributed by atoms with Crippen molar-refractivity contribution in [2.75, 3.05) is 0 Å². The second-order valence-corrected chi connectivity index (χ2v) is 13.3. The molecule has 0 aromatic carbocycles. The Balaban J connectivity index is 1.91. The maximum Gasteiger partial charge on any atom is 0.220 e. The largest absolute Gasteiger partial charge is 0.353 e. The first-order valence-corrected chi connectivity index (χ1v) is 19.3. The van der Waals surface area contributed by atoms with Crippen LogP contribution in [-0.4, -0.2) is 23.9 Å². The summed E-state index contributed by atoms with van der Waals surface area (Å²) >= 11 is 0. The van der Waals surface area contributed by atoms with Gasteiger partial charge in [0, 0.05) is 24.9 Å². The van der Waals surface area contributed by atoms with E-state index in [1.54, 1.807) is 0 Å². The first-order valence-electron chi connectivity index (χ1n) is 19.3. The number of unbranched alkanes of at least 4 members (excludes halogenated alkanes) is 16. The van der Waals surface area contributed by atoms with Crippen LogP contribution < -0.4 is 10.6 Å². The molecule has 0 radical (unpaired) electrons. The van der Waals surface area contributed by atoms with Gasteiger partial charge in [0.15, 0.2) is 0 Å². The highest BCUT2D eigenvalue weighted by Gasteiger charge is 2.26. The Morgan fingerprint density at radius 1 is 0.467 bits per heavy atom. The van der Waals surface area contributed by atoms with Crippen LogP contribution in [-0.2, 0) is 9.59 Å². The molecule has 0 spiro atoms. The summed E-state index contributed by atoms with van der Waals surface area (Å²) in [7, 11) is 0. The van der Waals surface area contributed by atoms with Crippen LogP contribution in [0.5, 0.6) is 0 Å². The van der Waals surface area contributed by atoms with Gasteiger partial charge in [-0.2, -0.15) is 0 Å². The topological polar surface area (TPSA) is 58.2 Å². The van der Waals surface area contributed by atoms with Gasteiger partial charge in [0.2, 0.25) is 11.8 Å². The minimum atomic E-state index is 0.183. The van der Waals surface area contributed by atoms with E-state index in [4.69, 9.17) is 0 Å². The molecule has 1 aliphatic carbocycles. The molecule has 2 amide bonds. The fraction of sp³-hybridized carbons (Fsp3) is 0.756. The molecule has 4 nitrogen and oxygen atoms in total. The molecule has 0 saturated heterocycles. The fourth-order valence-electron chi connectivity index (χ4n) is 6.04. The standard InChI is InChI=1S/C41H72N2O2/c1-3-5-7-9-11-13-15-17-19-21-23-25-27-29-31-33-40(44)42-38-35-36-39(37-38)43-41(45)34-32-30-28-26-24-22-20-18-16-14-12-10-8-6-4-2/h11-14,17-20,38-39H,3-10,15-16,21-37H2,1-2H3,(H,42,44)(H,43,45)/t38-,39+. The van der Waals surface area contributed by atoms with Crippen molar-refractivity contribution in [1.82, 2.24) is 10.6 Å². The molecule has 0 aromatic heterocycles. The lowest BCUT2D eigenvalue weighted by molar-refractivity contribution is -0.122. The first-order chi connectivity index (χ1) is 22.2. The lowest BCUT2D eigenvalue weighted by Crippen LogP contribution is -2.37. The molecule has 2 N–H and O–H groups in total. The zero-order valence-corrected chi connectivity index (χ0v) is 29.7. The zero-order chi connectivity index (χ0) is 32.5. The predicted molar refractivity (Wildman–Crippen MR) is 196 cm³/mol. The van der Waals surface area contributed by atoms with Crippen molar-refractivity contribution in [2.45, 2.75) is 199 Å². The Hall–Kier alpha value is -2.10. The highest BCUT2D eigenvalue weighted by molar-refractivity contribution is 5.77. The van der Waals surface area contributed by atoms with E-state index in [1.165, 1.54) is 103 Å². The molecule has 0 aromatic rings. The number of rotatable bonds is 30. The van der Waals surface area contributed by atoms with Crippen LogP contribution >= 0.6 is 0 Å². The molecule has 1 rings (SSSR count). The summed E-state index contributed by atoms with van der Waals surface area (Å²) in [6.45, 7) is 4.50. The number of hydrogen-bond donors (Lipinski definition) is 2. The number of allylic oxidation sites excluding steroid dienone is 8. The molecule has 1 saturated carbocycles. The summed E-state index contributed by atoms with van der Waals surface area (Å²) in [6.07, 6.45) is 48.9. The Morgan fingerprint density at radius 2 is 0.800 bits per heavy atom. The van der Waals surface area contributed by atoms with Crippen LogP contribution in [0.25, 0.3) is 0 Å². The van der Waals surface area contributed by atoms with Gasteiger partial charge in [-0.15, -0.1) is 0 Å². The third-order valence-corrected chi connectivity index (χ3v) is 8.87. The van der Waals surface area contributed by atoms with E-state index in [2.05, 4.69) is 73.1 Å². The van der Waals surface area contributed by atoms with E-state index in [0.717, 1.165) is 57.8 Å². The molecule has 0 heterocycles. The van der Waals surface area contributed by atoms with Gasteiger partial charge in [0.25, 0.3) is 0 Å². The number of carbonyl (C=O) groups is 2. The van der Waals surface area contributed by atoms with Gasteiger partial charge in [-0.05, 0) is 96.3 Å². The third-order valence-electron chi connectivity index (χ3n) is 8.87. The molecule has 258 valence electrons. The van der Waals surface area contributed by atoms with Crippen LogP contribution in [0.15, 0.2) is 48.6 Å². The van der Waals surface area contributed by atoms with Crippen LogP contribution in [0, 0.1) is 0 Å². The van der Waals surface area contributed by atoms with Gasteiger partial charge < -0.3 is 10.6 Å². The van der Waals surface area contributed by atoms with Crippen LogP contribution in [0.1, 0.15) is 187 Å². The molecule has 0 aliphatic heterocycles. The third kappa shape index (κ3) is 27.9. The van der Waals surface area contributed by atoms with Crippen molar-refractivity contribution >= 4 is 11.8 Å². The zero-order valence-electron chi connectivity index (χ0n) is 29.7. The lowest BCUT2D eigenvalue weighted by atomic mass is 10.1. The molecule has 0 bridgehead atoms. The van der Waals surface area contributed by atoms with Gasteiger partial charge in [-0.25, -0.2) is 0 Å². The molecule has 4 heteroatoms. The summed E-state index contributed by atoms with van der Waals surface area (Å²) in [5.41, 5.74) is 0. The lowest BCUT2D eigenvalue weighted by Gasteiger charge is -2.15. The van der Waals surface area contributed by atoms with E-state index in [9.17, 15) is 9.59 Å². The van der Waals surface area contributed by atoms with Crippen molar-refractivity contribution in [3.8, 4) is 0 Å². The Labute approximate surface area is 279 Å². The number of amides is 2. The average Bonchev–Trinajstić information content (AvgIpc) is 3.47. The molecule has 45 heavy (non-hydrogen) atoms. The molecule has 2 atom stereocenters. The minimum Gasteiger partial charge on any atom is -0.353 e. The maximum atomic E-state index is 12.4. The van der Waals surface area contributed by atoms with Crippen LogP contribution in [0.4, 0.5) is 0 Å². The van der Waals surface area contributed by atoms with Gasteiger partial charge in [0.1, 0.15) is 0 Å². The van der Waals surface area contributed by atoms with Crippen molar-refractivity contribution in [3.63, 3.8) is 0 Å². The highest BCUT2D eigenvalue weighted by Crippen LogP contribution is 2.20. The van der Waals surface area contributed by atoms with Gasteiger partial charge in [-0.1, -0.05) is 127 Å². The Bertz CT molecular complexity index is 746. The summed E-state index contributed by atoms with van der Waals surface area (Å²) in [5, 5.41) is 6.44. The van der Waals surface area contributed by atoms with Crippen molar-refractivity contribution in [1.29, 1.82) is 0 Å². The monoisotopic (exact) mass is 625 g/mol. The quantitative estimate of drug-likeness (QED) is 0.0617. The number of hydrogen-bond acceptors (Lipinski definition) is 2. The molecule has 1 fully saturated rings. The van der Waals surface area contributed by atoms with Gasteiger partial charge in [-0.3, -0.25) is 9.59 Å². The number of nitrogens with one attached hydrogen (secondary N) is 2. The SMILES string of the molecule is CCCCCC=CCC=CCCCCCCCC(=O)N[C@@H]1CC[C@H](NC(=O)CCCCCCCC=CCC=CCCCCC)C1. The second-order valence-electron chi connectivity index (χ2n) is 13.3. The Kier molecular flexibility index (Phi) is 29.0. The summed E-state index contributed by atoms with van der Waals surface area (Å²) < 4.78 is 0. The van der Waals surface area contributed by atoms with Crippen molar-refractivity contribution in [3.05, 3.63) is 48.6 Å². The Morgan fingerprint density at radius 3 is 1.18 bits per heavy atom. The number of carbonyl (C=O) groups excluding carboxylic acids is 2. The fourth-order valence-corrected chi connectivity index (χ4v) is 6.04. The van der Waals surface area contributed by atoms with Crippen molar-refractivity contribution < 1.29 is 9.59 Å². The van der Waals surface area contributed by atoms with Crippen LogP contribution in [0.2, 0.25) is 0 Å². The predicted octanol–water partition coefficient (Wildman–Crippen LogP) is 11.8. The first kappa shape index (κ1) is 40.9. The normalized spacial score (nSPS) is 17.0. The van der Waals surface area contributed by atoms with E-state index < -0.39 is 0 Å². The van der Waals surface area contributed by atoms with Gasteiger partial charge >= 0.3 is 0 Å². The summed E-state index contributed by atoms with van der Waals surface area (Å²) in [6, 6.07) is 0.438. The molecular formula is C41H72N2O2. The average molecular weight is 625 g/mol. The summed E-state index contributed by atoms with van der Waals surface area (Å²) in [5.74, 6) is 0.366. The molecular weight excluding hydrogens is 552 g/mol. The van der Waals surface area contributed by atoms with Crippen molar-refractivity contribution in [2.24, 2.45) is 0 Å².